The van der Waals surface area contributed by atoms with Crippen molar-refractivity contribution in [1.29, 1.82) is 0 Å². The highest BCUT2D eigenvalue weighted by molar-refractivity contribution is 5.28. The second kappa shape index (κ2) is 3.03. The summed E-state index contributed by atoms with van der Waals surface area (Å²) in [4.78, 5) is 9.70. The highest BCUT2D eigenvalue weighted by atomic mass is 15.1. The van der Waals surface area contributed by atoms with Gasteiger partial charge in [-0.3, -0.25) is 0 Å². The molecule has 1 fully saturated rings. The van der Waals surface area contributed by atoms with E-state index in [2.05, 4.69) is 21.9 Å². The fourth-order valence-electron chi connectivity index (χ4n) is 2.05. The smallest absolute Gasteiger partial charge is 0.197 e. The molecule has 1 aliphatic heterocycles. The van der Waals surface area contributed by atoms with E-state index in [-0.39, 0.29) is 0 Å². The zero-order valence-electron chi connectivity index (χ0n) is 8.17. The van der Waals surface area contributed by atoms with Crippen molar-refractivity contribution in [3.05, 3.63) is 11.4 Å². The second-order valence-electron chi connectivity index (χ2n) is 3.88. The molecule has 72 valence electrons. The van der Waals surface area contributed by atoms with E-state index in [0.717, 1.165) is 24.5 Å². The SMILES string of the molecule is Cc1[nH]c(N)nc1C1CCN(C)C1. The predicted molar refractivity (Wildman–Crippen MR) is 52.6 cm³/mol. The Kier molecular flexibility index (Phi) is 2.00. The molecule has 0 aromatic carbocycles. The van der Waals surface area contributed by atoms with Crippen LogP contribution in [0, 0.1) is 6.92 Å². The molecule has 1 aromatic heterocycles. The predicted octanol–water partition coefficient (Wildman–Crippen LogP) is 0.719. The molecule has 0 spiro atoms. The fraction of sp³-hybridized carbons (Fsp3) is 0.667. The van der Waals surface area contributed by atoms with Crippen LogP contribution in [0.1, 0.15) is 23.7 Å². The number of hydrogen-bond donors (Lipinski definition) is 2. The first kappa shape index (κ1) is 8.56. The molecular formula is C9H16N4. The van der Waals surface area contributed by atoms with Gasteiger partial charge >= 0.3 is 0 Å². The van der Waals surface area contributed by atoms with Crippen LogP contribution in [-0.4, -0.2) is 35.0 Å². The molecule has 0 amide bonds. The molecule has 2 heterocycles. The van der Waals surface area contributed by atoms with Gasteiger partial charge in [-0.25, -0.2) is 4.98 Å². The van der Waals surface area contributed by atoms with Crippen molar-refractivity contribution in [1.82, 2.24) is 14.9 Å². The molecule has 3 N–H and O–H groups in total. The van der Waals surface area contributed by atoms with Crippen LogP contribution in [0.25, 0.3) is 0 Å². The molecular weight excluding hydrogens is 164 g/mol. The minimum absolute atomic E-state index is 0.544. The molecule has 0 radical (unpaired) electrons. The molecule has 0 saturated carbocycles. The van der Waals surface area contributed by atoms with E-state index < -0.39 is 0 Å². The highest BCUT2D eigenvalue weighted by Crippen LogP contribution is 2.27. The van der Waals surface area contributed by atoms with Gasteiger partial charge in [0.1, 0.15) is 0 Å². The third kappa shape index (κ3) is 1.54. The average Bonchev–Trinajstić information content (AvgIpc) is 2.58. The van der Waals surface area contributed by atoms with E-state index >= 15 is 0 Å². The normalized spacial score (nSPS) is 24.0. The third-order valence-corrected chi connectivity index (χ3v) is 2.72. The number of likely N-dealkylation sites (N-methyl/N-ethyl adjacent to an activating group) is 1. The number of nitrogen functional groups attached to an aromatic ring is 1. The number of nitrogens with two attached hydrogens (primary N) is 1. The summed E-state index contributed by atoms with van der Waals surface area (Å²) in [7, 11) is 2.14. The lowest BCUT2D eigenvalue weighted by Gasteiger charge is -2.08. The minimum Gasteiger partial charge on any atom is -0.369 e. The molecule has 0 bridgehead atoms. The van der Waals surface area contributed by atoms with Crippen molar-refractivity contribution in [2.75, 3.05) is 25.9 Å². The molecule has 1 unspecified atom stereocenters. The Morgan fingerprint density at radius 3 is 2.85 bits per heavy atom. The number of aromatic amines is 1. The van der Waals surface area contributed by atoms with Gasteiger partial charge < -0.3 is 15.6 Å². The van der Waals surface area contributed by atoms with Crippen LogP contribution in [0.15, 0.2) is 0 Å². The van der Waals surface area contributed by atoms with Crippen LogP contribution in [0.2, 0.25) is 0 Å². The summed E-state index contributed by atoms with van der Waals surface area (Å²) >= 11 is 0. The van der Waals surface area contributed by atoms with Crippen LogP contribution in [0.5, 0.6) is 0 Å². The zero-order chi connectivity index (χ0) is 9.42. The van der Waals surface area contributed by atoms with Gasteiger partial charge in [-0.05, 0) is 26.9 Å². The number of aromatic nitrogens is 2. The molecule has 0 aliphatic carbocycles. The molecule has 1 atom stereocenters. The van der Waals surface area contributed by atoms with Crippen LogP contribution >= 0.6 is 0 Å². The van der Waals surface area contributed by atoms with E-state index in [1.165, 1.54) is 6.42 Å². The van der Waals surface area contributed by atoms with E-state index in [4.69, 9.17) is 5.73 Å². The lowest BCUT2D eigenvalue weighted by atomic mass is 10.0. The Morgan fingerprint density at radius 1 is 1.62 bits per heavy atom. The highest BCUT2D eigenvalue weighted by Gasteiger charge is 2.24. The summed E-state index contributed by atoms with van der Waals surface area (Å²) in [5.74, 6) is 1.11. The van der Waals surface area contributed by atoms with Crippen molar-refractivity contribution in [2.45, 2.75) is 19.3 Å². The first-order valence-electron chi connectivity index (χ1n) is 4.67. The van der Waals surface area contributed by atoms with E-state index in [1.54, 1.807) is 0 Å². The number of rotatable bonds is 1. The number of aryl methyl sites for hydroxylation is 1. The van der Waals surface area contributed by atoms with Gasteiger partial charge in [0.2, 0.25) is 0 Å². The zero-order valence-corrected chi connectivity index (χ0v) is 8.17. The first-order chi connectivity index (χ1) is 6.16. The summed E-state index contributed by atoms with van der Waals surface area (Å²) in [5.41, 5.74) is 7.88. The third-order valence-electron chi connectivity index (χ3n) is 2.72. The van der Waals surface area contributed by atoms with Gasteiger partial charge in [0, 0.05) is 18.2 Å². The standard InChI is InChI=1S/C9H16N4/c1-6-8(12-9(10)11-6)7-3-4-13(2)5-7/h7H,3-5H2,1-2H3,(H3,10,11,12). The Hall–Kier alpha value is -1.03. The summed E-state index contributed by atoms with van der Waals surface area (Å²) in [6, 6.07) is 0. The molecule has 1 aliphatic rings. The van der Waals surface area contributed by atoms with Crippen molar-refractivity contribution in [3.63, 3.8) is 0 Å². The summed E-state index contributed by atoms with van der Waals surface area (Å²) in [5, 5.41) is 0. The number of anilines is 1. The number of hydrogen-bond acceptors (Lipinski definition) is 3. The molecule has 1 aromatic rings. The topological polar surface area (TPSA) is 57.9 Å². The van der Waals surface area contributed by atoms with Gasteiger partial charge in [0.25, 0.3) is 0 Å². The van der Waals surface area contributed by atoms with Crippen LogP contribution in [0.4, 0.5) is 5.95 Å². The summed E-state index contributed by atoms with van der Waals surface area (Å²) < 4.78 is 0. The van der Waals surface area contributed by atoms with E-state index in [9.17, 15) is 0 Å². The molecule has 2 rings (SSSR count). The Balaban J connectivity index is 2.20. The summed E-state index contributed by atoms with van der Waals surface area (Å²) in [6.07, 6.45) is 1.20. The minimum atomic E-state index is 0.544. The maximum atomic E-state index is 5.60. The Bertz CT molecular complexity index is 305. The van der Waals surface area contributed by atoms with Crippen molar-refractivity contribution >= 4 is 5.95 Å². The van der Waals surface area contributed by atoms with Crippen molar-refractivity contribution in [2.24, 2.45) is 0 Å². The number of H-pyrrole nitrogens is 1. The molecule has 4 heteroatoms. The second-order valence-corrected chi connectivity index (χ2v) is 3.88. The Morgan fingerprint density at radius 2 is 2.38 bits per heavy atom. The largest absolute Gasteiger partial charge is 0.369 e. The van der Waals surface area contributed by atoms with Gasteiger partial charge in [-0.15, -0.1) is 0 Å². The number of likely N-dealkylation sites (tertiary alicyclic amines) is 1. The van der Waals surface area contributed by atoms with Gasteiger partial charge in [-0.2, -0.15) is 0 Å². The van der Waals surface area contributed by atoms with Crippen LogP contribution in [-0.2, 0) is 0 Å². The monoisotopic (exact) mass is 180 g/mol. The van der Waals surface area contributed by atoms with Crippen LogP contribution < -0.4 is 5.73 Å². The fourth-order valence-corrected chi connectivity index (χ4v) is 2.05. The lowest BCUT2D eigenvalue weighted by molar-refractivity contribution is 0.410. The maximum absolute atomic E-state index is 5.60. The van der Waals surface area contributed by atoms with Crippen molar-refractivity contribution < 1.29 is 0 Å². The number of nitrogens with one attached hydrogen (secondary N) is 1. The van der Waals surface area contributed by atoms with Gasteiger partial charge in [0.15, 0.2) is 5.95 Å². The van der Waals surface area contributed by atoms with Crippen molar-refractivity contribution in [3.8, 4) is 0 Å². The Labute approximate surface area is 78.1 Å². The van der Waals surface area contributed by atoms with Gasteiger partial charge in [0.05, 0.1) is 5.69 Å². The van der Waals surface area contributed by atoms with Gasteiger partial charge in [-0.1, -0.05) is 0 Å². The first-order valence-corrected chi connectivity index (χ1v) is 4.67. The van der Waals surface area contributed by atoms with E-state index in [1.807, 2.05) is 6.92 Å². The average molecular weight is 180 g/mol. The number of imidazole rings is 1. The van der Waals surface area contributed by atoms with Crippen LogP contribution in [0.3, 0.4) is 0 Å². The maximum Gasteiger partial charge on any atom is 0.197 e. The number of nitrogens with zero attached hydrogens (tertiary/aromatic N) is 2. The molecule has 1 saturated heterocycles. The lowest BCUT2D eigenvalue weighted by Crippen LogP contribution is -2.13. The summed E-state index contributed by atoms with van der Waals surface area (Å²) in [6.45, 7) is 4.30. The quantitative estimate of drug-likeness (QED) is 0.669. The van der Waals surface area contributed by atoms with E-state index in [0.29, 0.717) is 11.9 Å². The molecule has 13 heavy (non-hydrogen) atoms. The molecule has 4 nitrogen and oxygen atoms in total.